The normalized spacial score (nSPS) is 12.4. The van der Waals surface area contributed by atoms with E-state index in [-0.39, 0.29) is 48.1 Å². The van der Waals surface area contributed by atoms with Crippen molar-refractivity contribution in [3.05, 3.63) is 124 Å². The summed E-state index contributed by atoms with van der Waals surface area (Å²) in [5.74, 6) is -8.89. The Bertz CT molecular complexity index is 1660. The molecule has 0 saturated carbocycles. The summed E-state index contributed by atoms with van der Waals surface area (Å²) in [6.07, 6.45) is -0.878. The maximum absolute atomic E-state index is 15.0. The second kappa shape index (κ2) is 15.0. The van der Waals surface area contributed by atoms with E-state index in [0.717, 1.165) is 37.8 Å². The minimum Gasteiger partial charge on any atom is -0.209 e. The Kier molecular flexibility index (Phi) is 11.3. The molecular formula is C36H30F10. The molecule has 0 heterocycles. The SMILES string of the molecule is CCCCCCC/C(F)=C(\F)c1ccc(-c2ccc(CCc3cc(F)c(-c4cc(F)c(C(F)(F)F)c(F)c4)c(F)c3)c(F)c2)cc1. The summed E-state index contributed by atoms with van der Waals surface area (Å²) in [5.41, 5.74) is -2.44. The fourth-order valence-corrected chi connectivity index (χ4v) is 5.20. The van der Waals surface area contributed by atoms with Gasteiger partial charge in [-0.1, -0.05) is 69.0 Å². The molecule has 0 aliphatic rings. The van der Waals surface area contributed by atoms with E-state index in [9.17, 15) is 43.9 Å². The van der Waals surface area contributed by atoms with Gasteiger partial charge in [-0.2, -0.15) is 13.2 Å². The van der Waals surface area contributed by atoms with Crippen LogP contribution in [0.4, 0.5) is 43.9 Å². The smallest absolute Gasteiger partial charge is 0.209 e. The van der Waals surface area contributed by atoms with Crippen molar-refractivity contribution in [3.63, 3.8) is 0 Å². The van der Waals surface area contributed by atoms with Crippen LogP contribution in [0.1, 0.15) is 67.7 Å². The lowest BCUT2D eigenvalue weighted by Gasteiger charge is -2.13. The van der Waals surface area contributed by atoms with Gasteiger partial charge in [-0.05, 0) is 77.4 Å². The molecule has 0 spiro atoms. The molecule has 0 amide bonds. The van der Waals surface area contributed by atoms with Gasteiger partial charge in [-0.3, -0.25) is 0 Å². The number of aryl methyl sites for hydroxylation is 2. The molecular weight excluding hydrogens is 622 g/mol. The summed E-state index contributed by atoms with van der Waals surface area (Å²) in [6, 6.07) is 12.4. The van der Waals surface area contributed by atoms with Gasteiger partial charge in [-0.25, -0.2) is 30.7 Å². The quantitative estimate of drug-likeness (QED) is 0.106. The van der Waals surface area contributed by atoms with Crippen molar-refractivity contribution in [1.82, 2.24) is 0 Å². The van der Waals surface area contributed by atoms with Gasteiger partial charge in [-0.15, -0.1) is 0 Å². The van der Waals surface area contributed by atoms with E-state index in [1.54, 1.807) is 18.2 Å². The average molecular weight is 653 g/mol. The molecule has 4 aromatic rings. The van der Waals surface area contributed by atoms with Gasteiger partial charge in [0.05, 0.1) is 5.56 Å². The first kappa shape index (κ1) is 34.8. The third-order valence-electron chi connectivity index (χ3n) is 7.66. The van der Waals surface area contributed by atoms with Crippen molar-refractivity contribution >= 4 is 5.83 Å². The lowest BCUT2D eigenvalue weighted by molar-refractivity contribution is -0.142. The second-order valence-electron chi connectivity index (χ2n) is 11.0. The highest BCUT2D eigenvalue weighted by atomic mass is 19.4. The van der Waals surface area contributed by atoms with Crippen molar-refractivity contribution in [1.29, 1.82) is 0 Å². The zero-order chi connectivity index (χ0) is 33.6. The summed E-state index contributed by atoms with van der Waals surface area (Å²) < 4.78 is 140. The van der Waals surface area contributed by atoms with E-state index in [2.05, 4.69) is 6.92 Å². The first-order valence-corrected chi connectivity index (χ1v) is 14.8. The van der Waals surface area contributed by atoms with Crippen molar-refractivity contribution < 1.29 is 43.9 Å². The highest BCUT2D eigenvalue weighted by molar-refractivity contribution is 5.69. The number of allylic oxidation sites excluding steroid dienone is 1. The number of rotatable bonds is 12. The first-order chi connectivity index (χ1) is 21.8. The third-order valence-corrected chi connectivity index (χ3v) is 7.66. The molecule has 0 saturated heterocycles. The molecule has 0 aliphatic carbocycles. The van der Waals surface area contributed by atoms with Crippen LogP contribution in [0.25, 0.3) is 28.1 Å². The predicted octanol–water partition coefficient (Wildman–Crippen LogP) is 12.5. The van der Waals surface area contributed by atoms with Crippen molar-refractivity contribution in [3.8, 4) is 22.3 Å². The summed E-state index contributed by atoms with van der Waals surface area (Å²) >= 11 is 0. The van der Waals surface area contributed by atoms with Crippen molar-refractivity contribution in [2.75, 3.05) is 0 Å². The van der Waals surface area contributed by atoms with Gasteiger partial charge in [0.1, 0.15) is 40.5 Å². The number of halogens is 10. The Balaban J connectivity index is 1.43. The largest absolute Gasteiger partial charge is 0.422 e. The van der Waals surface area contributed by atoms with Crippen LogP contribution in [0.15, 0.2) is 72.6 Å². The highest BCUT2D eigenvalue weighted by Crippen LogP contribution is 2.37. The molecule has 0 N–H and O–H groups in total. The molecule has 0 bridgehead atoms. The molecule has 46 heavy (non-hydrogen) atoms. The number of alkyl halides is 3. The summed E-state index contributed by atoms with van der Waals surface area (Å²) in [6.45, 7) is 2.07. The summed E-state index contributed by atoms with van der Waals surface area (Å²) in [4.78, 5) is 0. The van der Waals surface area contributed by atoms with Crippen LogP contribution in [0.2, 0.25) is 0 Å². The minimum absolute atomic E-state index is 0.0144. The molecule has 4 rings (SSSR count). The lowest BCUT2D eigenvalue weighted by atomic mass is 9.96. The topological polar surface area (TPSA) is 0 Å². The van der Waals surface area contributed by atoms with E-state index in [1.165, 1.54) is 24.3 Å². The van der Waals surface area contributed by atoms with Gasteiger partial charge >= 0.3 is 6.18 Å². The van der Waals surface area contributed by atoms with Crippen LogP contribution in [-0.4, -0.2) is 0 Å². The number of hydrogen-bond donors (Lipinski definition) is 0. The van der Waals surface area contributed by atoms with E-state index in [1.807, 2.05) is 0 Å². The summed E-state index contributed by atoms with van der Waals surface area (Å²) in [7, 11) is 0. The zero-order valence-corrected chi connectivity index (χ0v) is 24.8. The Hall–Kier alpha value is -4.08. The summed E-state index contributed by atoms with van der Waals surface area (Å²) in [5, 5.41) is 0. The average Bonchev–Trinajstić information content (AvgIpc) is 2.98. The van der Waals surface area contributed by atoms with E-state index in [0.29, 0.717) is 17.5 Å². The van der Waals surface area contributed by atoms with Gasteiger partial charge in [0.25, 0.3) is 0 Å². The maximum Gasteiger partial charge on any atom is 0.422 e. The van der Waals surface area contributed by atoms with Gasteiger partial charge in [0, 0.05) is 12.0 Å². The van der Waals surface area contributed by atoms with E-state index in [4.69, 9.17) is 0 Å². The standard InChI is InChI=1S/C36H30F10/c1-2-3-4-5-6-7-27(37)35(43)24-13-10-22(11-14-24)25-15-12-23(28(38)18-25)9-8-21-16-29(39)33(30(40)17-21)26-19-31(41)34(32(42)20-26)36(44,45)46/h10-20H,2-9H2,1H3/b35-27+. The minimum atomic E-state index is -5.34. The lowest BCUT2D eigenvalue weighted by Crippen LogP contribution is -2.11. The molecule has 0 aromatic heterocycles. The molecule has 10 heteroatoms. The highest BCUT2D eigenvalue weighted by Gasteiger charge is 2.38. The van der Waals surface area contributed by atoms with Crippen LogP contribution in [-0.2, 0) is 19.0 Å². The molecule has 244 valence electrons. The van der Waals surface area contributed by atoms with E-state index < -0.39 is 63.6 Å². The van der Waals surface area contributed by atoms with Crippen LogP contribution >= 0.6 is 0 Å². The number of benzene rings is 4. The molecule has 0 aliphatic heterocycles. The van der Waals surface area contributed by atoms with Crippen LogP contribution in [0, 0.1) is 29.1 Å². The Labute approximate surface area is 260 Å². The molecule has 0 radical (unpaired) electrons. The Morgan fingerprint density at radius 2 is 1.15 bits per heavy atom. The van der Waals surface area contributed by atoms with Crippen LogP contribution in [0.5, 0.6) is 0 Å². The van der Waals surface area contributed by atoms with Crippen LogP contribution < -0.4 is 0 Å². The van der Waals surface area contributed by atoms with E-state index >= 15 is 0 Å². The van der Waals surface area contributed by atoms with Crippen molar-refractivity contribution in [2.24, 2.45) is 0 Å². The predicted molar refractivity (Wildman–Crippen MR) is 158 cm³/mol. The number of hydrogen-bond acceptors (Lipinski definition) is 0. The van der Waals surface area contributed by atoms with Gasteiger partial charge < -0.3 is 0 Å². The molecule has 4 aromatic carbocycles. The first-order valence-electron chi connectivity index (χ1n) is 14.8. The third kappa shape index (κ3) is 8.39. The maximum atomic E-state index is 15.0. The monoisotopic (exact) mass is 652 g/mol. The second-order valence-corrected chi connectivity index (χ2v) is 11.0. The molecule has 0 nitrogen and oxygen atoms in total. The molecule has 0 fully saturated rings. The molecule has 0 atom stereocenters. The van der Waals surface area contributed by atoms with Gasteiger partial charge in [0.15, 0.2) is 5.83 Å². The Morgan fingerprint density at radius 1 is 0.587 bits per heavy atom. The fraction of sp³-hybridized carbons (Fsp3) is 0.278. The van der Waals surface area contributed by atoms with Crippen LogP contribution in [0.3, 0.4) is 0 Å². The molecule has 0 unspecified atom stereocenters. The Morgan fingerprint density at radius 3 is 1.72 bits per heavy atom. The number of unbranched alkanes of at least 4 members (excludes halogenated alkanes) is 4. The fourth-order valence-electron chi connectivity index (χ4n) is 5.20. The van der Waals surface area contributed by atoms with Crippen molar-refractivity contribution in [2.45, 2.75) is 64.5 Å². The van der Waals surface area contributed by atoms with Gasteiger partial charge in [0.2, 0.25) is 0 Å². The zero-order valence-electron chi connectivity index (χ0n) is 24.8.